The lowest BCUT2D eigenvalue weighted by Gasteiger charge is -2.26. The molecule has 0 fully saturated rings. The summed E-state index contributed by atoms with van der Waals surface area (Å²) >= 11 is 0. The molecule has 9 nitrogen and oxygen atoms in total. The monoisotopic (exact) mass is 395 g/mol. The smallest absolute Gasteiger partial charge is 0.335 e. The molecule has 1 aromatic carbocycles. The number of carbonyl (C=O) groups excluding carboxylic acids is 1. The number of ether oxygens (including phenoxy) is 1. The third-order valence-electron chi connectivity index (χ3n) is 4.89. The van der Waals surface area contributed by atoms with Gasteiger partial charge in [0.25, 0.3) is 5.91 Å². The van der Waals surface area contributed by atoms with Gasteiger partial charge in [0.15, 0.2) is 0 Å². The number of aromatic carboxylic acids is 1. The molecule has 9 heteroatoms. The number of hydrogen-bond acceptors (Lipinski definition) is 5. The normalized spacial score (nSPS) is 15.2. The molecule has 0 saturated carbocycles. The summed E-state index contributed by atoms with van der Waals surface area (Å²) < 4.78 is 9.31. The van der Waals surface area contributed by atoms with Gasteiger partial charge in [-0.3, -0.25) is 19.4 Å². The maximum atomic E-state index is 12.9. The van der Waals surface area contributed by atoms with Gasteiger partial charge in [0.2, 0.25) is 5.95 Å². The average molecular weight is 395 g/mol. The SMILES string of the molecule is C=CC[C@@H]1COc2cc(C(=O)O)cc3nc(NC(=O)c4cc(C)nn4CC)n1c23. The highest BCUT2D eigenvalue weighted by Crippen LogP contribution is 2.38. The summed E-state index contributed by atoms with van der Waals surface area (Å²) in [5.41, 5.74) is 2.37. The van der Waals surface area contributed by atoms with Gasteiger partial charge in [-0.05, 0) is 38.5 Å². The van der Waals surface area contributed by atoms with Gasteiger partial charge >= 0.3 is 5.97 Å². The molecular weight excluding hydrogens is 374 g/mol. The zero-order valence-corrected chi connectivity index (χ0v) is 16.2. The van der Waals surface area contributed by atoms with Crippen molar-refractivity contribution < 1.29 is 19.4 Å². The van der Waals surface area contributed by atoms with E-state index in [2.05, 4.69) is 22.0 Å². The van der Waals surface area contributed by atoms with E-state index in [1.807, 2.05) is 18.4 Å². The van der Waals surface area contributed by atoms with Crippen LogP contribution in [0.25, 0.3) is 11.0 Å². The minimum absolute atomic E-state index is 0.0804. The number of carboxylic acids is 1. The number of allylic oxidation sites excluding steroid dienone is 1. The van der Waals surface area contributed by atoms with E-state index < -0.39 is 5.97 Å². The van der Waals surface area contributed by atoms with Crippen molar-refractivity contribution >= 4 is 28.9 Å². The fourth-order valence-corrected chi connectivity index (χ4v) is 3.63. The molecule has 150 valence electrons. The molecule has 1 aliphatic rings. The van der Waals surface area contributed by atoms with Gasteiger partial charge in [-0.1, -0.05) is 6.08 Å². The number of anilines is 1. The van der Waals surface area contributed by atoms with Crippen molar-refractivity contribution in [2.24, 2.45) is 0 Å². The summed E-state index contributed by atoms with van der Waals surface area (Å²) in [5.74, 6) is -0.626. The lowest BCUT2D eigenvalue weighted by atomic mass is 10.1. The number of aryl methyl sites for hydroxylation is 2. The fraction of sp³-hybridized carbons (Fsp3) is 0.300. The minimum atomic E-state index is -1.07. The van der Waals surface area contributed by atoms with Crippen LogP contribution in [-0.4, -0.2) is 42.9 Å². The van der Waals surface area contributed by atoms with Gasteiger partial charge in [0.05, 0.1) is 22.8 Å². The van der Waals surface area contributed by atoms with Crippen LogP contribution in [-0.2, 0) is 6.54 Å². The molecular formula is C20H21N5O4. The van der Waals surface area contributed by atoms with Gasteiger partial charge in [0.1, 0.15) is 23.6 Å². The van der Waals surface area contributed by atoms with E-state index in [1.165, 1.54) is 12.1 Å². The summed E-state index contributed by atoms with van der Waals surface area (Å²) in [4.78, 5) is 28.9. The molecule has 0 unspecified atom stereocenters. The van der Waals surface area contributed by atoms with Gasteiger partial charge in [-0.15, -0.1) is 6.58 Å². The van der Waals surface area contributed by atoms with Crippen LogP contribution in [0.15, 0.2) is 30.9 Å². The van der Waals surface area contributed by atoms with E-state index in [-0.39, 0.29) is 17.5 Å². The summed E-state index contributed by atoms with van der Waals surface area (Å²) in [6.07, 6.45) is 2.39. The molecule has 0 spiro atoms. The van der Waals surface area contributed by atoms with Crippen LogP contribution >= 0.6 is 0 Å². The number of nitrogens with one attached hydrogen (secondary N) is 1. The molecule has 3 aromatic rings. The number of imidazole rings is 1. The molecule has 1 aliphatic heterocycles. The summed E-state index contributed by atoms with van der Waals surface area (Å²) in [7, 11) is 0. The topological polar surface area (TPSA) is 111 Å². The third-order valence-corrected chi connectivity index (χ3v) is 4.89. The molecule has 2 aromatic heterocycles. The first-order valence-electron chi connectivity index (χ1n) is 9.31. The molecule has 2 N–H and O–H groups in total. The van der Waals surface area contributed by atoms with E-state index in [0.717, 1.165) is 5.69 Å². The molecule has 0 radical (unpaired) electrons. The largest absolute Gasteiger partial charge is 0.489 e. The van der Waals surface area contributed by atoms with Crippen LogP contribution in [0.3, 0.4) is 0 Å². The van der Waals surface area contributed by atoms with Crippen molar-refractivity contribution in [2.75, 3.05) is 11.9 Å². The highest BCUT2D eigenvalue weighted by atomic mass is 16.5. The van der Waals surface area contributed by atoms with Gasteiger partial charge in [0, 0.05) is 6.54 Å². The Balaban J connectivity index is 1.82. The number of rotatable bonds is 6. The Hall–Kier alpha value is -3.62. The second kappa shape index (κ2) is 7.08. The van der Waals surface area contributed by atoms with Gasteiger partial charge < -0.3 is 9.84 Å². The van der Waals surface area contributed by atoms with Crippen LogP contribution in [0, 0.1) is 6.92 Å². The van der Waals surface area contributed by atoms with Gasteiger partial charge in [-0.2, -0.15) is 5.10 Å². The molecule has 1 atom stereocenters. The highest BCUT2D eigenvalue weighted by molar-refractivity contribution is 6.04. The van der Waals surface area contributed by atoms with Crippen molar-refractivity contribution in [3.05, 3.63) is 47.8 Å². The van der Waals surface area contributed by atoms with Crippen molar-refractivity contribution in [2.45, 2.75) is 32.9 Å². The summed E-state index contributed by atoms with van der Waals surface area (Å²) in [6.45, 7) is 8.42. The number of nitrogens with zero attached hydrogens (tertiary/aromatic N) is 4. The predicted octanol–water partition coefficient (Wildman–Crippen LogP) is 3.02. The average Bonchev–Trinajstić information content (AvgIpc) is 3.25. The molecule has 3 heterocycles. The van der Waals surface area contributed by atoms with Gasteiger partial charge in [-0.25, -0.2) is 9.78 Å². The van der Waals surface area contributed by atoms with E-state index in [0.29, 0.717) is 48.0 Å². The zero-order valence-electron chi connectivity index (χ0n) is 16.2. The number of aromatic nitrogens is 4. The molecule has 0 aliphatic carbocycles. The first-order chi connectivity index (χ1) is 13.9. The minimum Gasteiger partial charge on any atom is -0.489 e. The first-order valence-corrected chi connectivity index (χ1v) is 9.31. The maximum absolute atomic E-state index is 12.9. The predicted molar refractivity (Wildman–Crippen MR) is 107 cm³/mol. The molecule has 4 rings (SSSR count). The standard InChI is InChI=1S/C20H21N5O4/c1-4-6-13-10-29-16-9-12(19(27)28)8-14-17(16)25(13)20(21-14)22-18(26)15-7-11(3)23-24(15)5-2/h4,7-9,13H,1,5-6,10H2,2-3H3,(H,27,28)(H,21,22,26)/t13-/m1/s1. The van der Waals surface area contributed by atoms with Crippen molar-refractivity contribution in [3.8, 4) is 5.75 Å². The van der Waals surface area contributed by atoms with E-state index >= 15 is 0 Å². The third kappa shape index (κ3) is 3.14. The van der Waals surface area contributed by atoms with Crippen LogP contribution < -0.4 is 10.1 Å². The number of amides is 1. The summed E-state index contributed by atoms with van der Waals surface area (Å²) in [5, 5.41) is 16.5. The first kappa shape index (κ1) is 18.7. The van der Waals surface area contributed by atoms with Crippen LogP contribution in [0.4, 0.5) is 5.95 Å². The van der Waals surface area contributed by atoms with Crippen molar-refractivity contribution in [1.29, 1.82) is 0 Å². The van der Waals surface area contributed by atoms with Crippen molar-refractivity contribution in [1.82, 2.24) is 19.3 Å². The quantitative estimate of drug-likeness (QED) is 0.621. The Morgan fingerprint density at radius 1 is 1.41 bits per heavy atom. The molecule has 0 saturated heterocycles. The Kier molecular flexibility index (Phi) is 4.57. The Morgan fingerprint density at radius 2 is 2.21 bits per heavy atom. The zero-order chi connectivity index (χ0) is 20.7. The Labute approximate surface area is 166 Å². The van der Waals surface area contributed by atoms with Crippen LogP contribution in [0.1, 0.15) is 45.9 Å². The second-order valence-electron chi connectivity index (χ2n) is 6.88. The van der Waals surface area contributed by atoms with E-state index in [4.69, 9.17) is 4.74 Å². The molecule has 0 bridgehead atoms. The number of benzene rings is 1. The van der Waals surface area contributed by atoms with Crippen LogP contribution in [0.5, 0.6) is 5.75 Å². The fourth-order valence-electron chi connectivity index (χ4n) is 3.63. The Bertz CT molecular complexity index is 1140. The maximum Gasteiger partial charge on any atom is 0.335 e. The number of hydrogen-bond donors (Lipinski definition) is 2. The van der Waals surface area contributed by atoms with E-state index in [9.17, 15) is 14.7 Å². The van der Waals surface area contributed by atoms with E-state index in [1.54, 1.807) is 16.8 Å². The van der Waals surface area contributed by atoms with Crippen molar-refractivity contribution in [3.63, 3.8) is 0 Å². The lowest BCUT2D eigenvalue weighted by molar-refractivity contribution is 0.0696. The number of carboxylic acid groups (broad SMARTS) is 1. The molecule has 29 heavy (non-hydrogen) atoms. The number of carbonyl (C=O) groups is 2. The second-order valence-corrected chi connectivity index (χ2v) is 6.88. The highest BCUT2D eigenvalue weighted by Gasteiger charge is 2.29. The molecule has 1 amide bonds. The lowest BCUT2D eigenvalue weighted by Crippen LogP contribution is -2.25. The Morgan fingerprint density at radius 3 is 2.90 bits per heavy atom. The summed E-state index contributed by atoms with van der Waals surface area (Å²) in [6, 6.07) is 4.56. The van der Waals surface area contributed by atoms with Crippen LogP contribution in [0.2, 0.25) is 0 Å².